The molecular formula is C12H18N4S. The smallest absolute Gasteiger partial charge is 0.161 e. The third-order valence-electron chi connectivity index (χ3n) is 3.17. The van der Waals surface area contributed by atoms with Gasteiger partial charge < -0.3 is 10.6 Å². The van der Waals surface area contributed by atoms with Crippen molar-refractivity contribution in [2.45, 2.75) is 26.7 Å². The molecule has 4 nitrogen and oxygen atoms in total. The van der Waals surface area contributed by atoms with Crippen LogP contribution in [0.3, 0.4) is 0 Å². The lowest BCUT2D eigenvalue weighted by Gasteiger charge is -2.39. The first-order chi connectivity index (χ1) is 7.99. The fourth-order valence-electron chi connectivity index (χ4n) is 2.35. The molecule has 17 heavy (non-hydrogen) atoms. The van der Waals surface area contributed by atoms with E-state index in [9.17, 15) is 0 Å². The molecule has 1 saturated heterocycles. The predicted molar refractivity (Wildman–Crippen MR) is 73.1 cm³/mol. The number of rotatable bonds is 2. The highest BCUT2D eigenvalue weighted by Crippen LogP contribution is 2.31. The van der Waals surface area contributed by atoms with Crippen molar-refractivity contribution in [1.82, 2.24) is 10.2 Å². The van der Waals surface area contributed by atoms with Crippen molar-refractivity contribution < 1.29 is 0 Å². The standard InChI is InChI=1S/C12H18N4S/c1-12(2)5-3-7-16(8-12)11-9(10(13)17)4-6-14-15-11/h4,6H,3,5,7-8H2,1-2H3,(H2,13,17). The van der Waals surface area contributed by atoms with Gasteiger partial charge in [-0.1, -0.05) is 26.1 Å². The van der Waals surface area contributed by atoms with Crippen LogP contribution in [0.4, 0.5) is 5.82 Å². The van der Waals surface area contributed by atoms with Gasteiger partial charge in [-0.15, -0.1) is 5.10 Å². The van der Waals surface area contributed by atoms with Gasteiger partial charge in [-0.05, 0) is 24.3 Å². The van der Waals surface area contributed by atoms with E-state index in [-0.39, 0.29) is 0 Å². The lowest BCUT2D eigenvalue weighted by Crippen LogP contribution is -2.41. The highest BCUT2D eigenvalue weighted by atomic mass is 32.1. The quantitative estimate of drug-likeness (QED) is 0.810. The van der Waals surface area contributed by atoms with Crippen LogP contribution in [0.25, 0.3) is 0 Å². The van der Waals surface area contributed by atoms with Crippen LogP contribution in [0, 0.1) is 5.41 Å². The average molecular weight is 250 g/mol. The van der Waals surface area contributed by atoms with Crippen molar-refractivity contribution in [3.63, 3.8) is 0 Å². The molecule has 0 radical (unpaired) electrons. The number of hydrogen-bond acceptors (Lipinski definition) is 4. The normalized spacial score (nSPS) is 19.1. The van der Waals surface area contributed by atoms with Gasteiger partial charge in [0.1, 0.15) is 4.99 Å². The summed E-state index contributed by atoms with van der Waals surface area (Å²) in [5.41, 5.74) is 6.86. The lowest BCUT2D eigenvalue weighted by molar-refractivity contribution is 0.291. The molecule has 0 aromatic carbocycles. The summed E-state index contributed by atoms with van der Waals surface area (Å²) in [5.74, 6) is 0.827. The number of nitrogens with zero attached hydrogens (tertiary/aromatic N) is 3. The zero-order chi connectivity index (χ0) is 12.5. The SMILES string of the molecule is CC1(C)CCCN(c2nnccc2C(N)=S)C1. The molecule has 92 valence electrons. The molecule has 1 aromatic heterocycles. The molecule has 0 atom stereocenters. The first kappa shape index (κ1) is 12.2. The first-order valence-corrected chi connectivity index (χ1v) is 6.27. The van der Waals surface area contributed by atoms with Crippen molar-refractivity contribution >= 4 is 23.0 Å². The van der Waals surface area contributed by atoms with Crippen LogP contribution in [-0.4, -0.2) is 28.3 Å². The van der Waals surface area contributed by atoms with Crippen LogP contribution in [0.1, 0.15) is 32.3 Å². The molecule has 1 aliphatic heterocycles. The summed E-state index contributed by atoms with van der Waals surface area (Å²) in [7, 11) is 0. The molecule has 0 saturated carbocycles. The Morgan fingerprint density at radius 3 is 2.94 bits per heavy atom. The van der Waals surface area contributed by atoms with Gasteiger partial charge in [-0.25, -0.2) is 0 Å². The predicted octanol–water partition coefficient (Wildman–Crippen LogP) is 1.74. The summed E-state index contributed by atoms with van der Waals surface area (Å²) in [6.45, 7) is 6.52. The summed E-state index contributed by atoms with van der Waals surface area (Å²) < 4.78 is 0. The van der Waals surface area contributed by atoms with E-state index in [4.69, 9.17) is 18.0 Å². The monoisotopic (exact) mass is 250 g/mol. The van der Waals surface area contributed by atoms with E-state index in [1.807, 2.05) is 6.07 Å². The fourth-order valence-corrected chi connectivity index (χ4v) is 2.51. The molecule has 0 spiro atoms. The van der Waals surface area contributed by atoms with Crippen LogP contribution < -0.4 is 10.6 Å². The van der Waals surface area contributed by atoms with E-state index in [0.717, 1.165) is 24.5 Å². The summed E-state index contributed by atoms with van der Waals surface area (Å²) in [6, 6.07) is 1.84. The number of hydrogen-bond donors (Lipinski definition) is 1. The van der Waals surface area contributed by atoms with E-state index in [1.165, 1.54) is 12.8 Å². The van der Waals surface area contributed by atoms with E-state index in [1.54, 1.807) is 6.20 Å². The van der Waals surface area contributed by atoms with Crippen LogP contribution in [0.2, 0.25) is 0 Å². The van der Waals surface area contributed by atoms with Crippen molar-refractivity contribution in [1.29, 1.82) is 0 Å². The Morgan fingerprint density at radius 2 is 2.29 bits per heavy atom. The Morgan fingerprint density at radius 1 is 1.53 bits per heavy atom. The molecule has 0 unspecified atom stereocenters. The fraction of sp³-hybridized carbons (Fsp3) is 0.583. The third-order valence-corrected chi connectivity index (χ3v) is 3.39. The topological polar surface area (TPSA) is 55.0 Å². The number of piperidine rings is 1. The lowest BCUT2D eigenvalue weighted by atomic mass is 9.84. The number of aromatic nitrogens is 2. The Bertz CT molecular complexity index is 430. The van der Waals surface area contributed by atoms with E-state index < -0.39 is 0 Å². The number of anilines is 1. The zero-order valence-corrected chi connectivity index (χ0v) is 11.1. The number of thiocarbonyl (C=S) groups is 1. The van der Waals surface area contributed by atoms with Gasteiger partial charge in [0.25, 0.3) is 0 Å². The maximum atomic E-state index is 5.73. The molecule has 0 amide bonds. The summed E-state index contributed by atoms with van der Waals surface area (Å²) in [4.78, 5) is 2.63. The minimum Gasteiger partial charge on any atom is -0.389 e. The van der Waals surface area contributed by atoms with Crippen molar-refractivity contribution in [2.24, 2.45) is 11.1 Å². The molecule has 5 heteroatoms. The second-order valence-electron chi connectivity index (χ2n) is 5.32. The summed E-state index contributed by atoms with van der Waals surface area (Å²) in [6.07, 6.45) is 4.04. The Balaban J connectivity index is 2.30. The van der Waals surface area contributed by atoms with Gasteiger partial charge in [-0.2, -0.15) is 5.10 Å². The minimum absolute atomic E-state index is 0.309. The van der Waals surface area contributed by atoms with Gasteiger partial charge in [0.05, 0.1) is 11.8 Å². The van der Waals surface area contributed by atoms with Gasteiger partial charge in [-0.3, -0.25) is 0 Å². The Labute approximate surface area is 107 Å². The maximum absolute atomic E-state index is 5.73. The molecule has 0 aliphatic carbocycles. The zero-order valence-electron chi connectivity index (χ0n) is 10.3. The van der Waals surface area contributed by atoms with Crippen molar-refractivity contribution in [2.75, 3.05) is 18.0 Å². The molecule has 1 fully saturated rings. The van der Waals surface area contributed by atoms with Crippen LogP contribution in [0.5, 0.6) is 0 Å². The first-order valence-electron chi connectivity index (χ1n) is 5.86. The molecular weight excluding hydrogens is 232 g/mol. The third kappa shape index (κ3) is 2.72. The molecule has 0 bridgehead atoms. The maximum Gasteiger partial charge on any atom is 0.161 e. The largest absolute Gasteiger partial charge is 0.389 e. The van der Waals surface area contributed by atoms with Gasteiger partial charge in [0, 0.05) is 13.1 Å². The van der Waals surface area contributed by atoms with Crippen molar-refractivity contribution in [3.8, 4) is 0 Å². The van der Waals surface area contributed by atoms with Crippen LogP contribution in [0.15, 0.2) is 12.3 Å². The van der Waals surface area contributed by atoms with E-state index in [0.29, 0.717) is 10.4 Å². The van der Waals surface area contributed by atoms with Gasteiger partial charge in [0.2, 0.25) is 0 Å². The highest BCUT2D eigenvalue weighted by Gasteiger charge is 2.28. The van der Waals surface area contributed by atoms with Crippen molar-refractivity contribution in [3.05, 3.63) is 17.8 Å². The Hall–Kier alpha value is -1.23. The molecule has 1 aromatic rings. The molecule has 2 heterocycles. The average Bonchev–Trinajstić information content (AvgIpc) is 2.27. The van der Waals surface area contributed by atoms with Crippen LogP contribution in [-0.2, 0) is 0 Å². The number of nitrogens with two attached hydrogens (primary N) is 1. The Kier molecular flexibility index (Phi) is 3.28. The molecule has 2 N–H and O–H groups in total. The molecule has 1 aliphatic rings. The van der Waals surface area contributed by atoms with E-state index >= 15 is 0 Å². The summed E-state index contributed by atoms with van der Waals surface area (Å²) >= 11 is 5.06. The van der Waals surface area contributed by atoms with Gasteiger partial charge in [0.15, 0.2) is 5.82 Å². The second-order valence-corrected chi connectivity index (χ2v) is 5.76. The van der Waals surface area contributed by atoms with E-state index in [2.05, 4.69) is 28.9 Å². The molecule has 2 rings (SSSR count). The summed E-state index contributed by atoms with van der Waals surface area (Å²) in [5, 5.41) is 8.14. The van der Waals surface area contributed by atoms with Crippen LogP contribution >= 0.6 is 12.2 Å². The van der Waals surface area contributed by atoms with Gasteiger partial charge >= 0.3 is 0 Å². The second kappa shape index (κ2) is 4.56. The highest BCUT2D eigenvalue weighted by molar-refractivity contribution is 7.80. The minimum atomic E-state index is 0.309.